The minimum absolute atomic E-state index is 0.0795. The molecule has 20 heavy (non-hydrogen) atoms. The van der Waals surface area contributed by atoms with E-state index in [1.165, 1.54) is 0 Å². The molecular formula is C17H18NO2. The van der Waals surface area contributed by atoms with Crippen molar-refractivity contribution >= 4 is 5.91 Å². The van der Waals surface area contributed by atoms with Crippen LogP contribution in [0.15, 0.2) is 48.5 Å². The number of hydrogen-bond acceptors (Lipinski definition) is 2. The minimum atomic E-state index is -0.0795. The van der Waals surface area contributed by atoms with Gasteiger partial charge >= 0.3 is 0 Å². The molecule has 0 heterocycles. The molecule has 1 radical (unpaired) electrons. The molecule has 2 aromatic carbocycles. The summed E-state index contributed by atoms with van der Waals surface area (Å²) in [5.41, 5.74) is 2.53. The van der Waals surface area contributed by atoms with Gasteiger partial charge in [-0.1, -0.05) is 30.3 Å². The molecule has 0 spiro atoms. The average Bonchev–Trinajstić information content (AvgIpc) is 2.48. The van der Waals surface area contributed by atoms with Crippen molar-refractivity contribution in [3.8, 4) is 5.75 Å². The van der Waals surface area contributed by atoms with Crippen LogP contribution < -0.4 is 10.1 Å². The average molecular weight is 268 g/mol. The highest BCUT2D eigenvalue weighted by Crippen LogP contribution is 2.11. The van der Waals surface area contributed by atoms with Crippen LogP contribution in [0.3, 0.4) is 0 Å². The maximum Gasteiger partial charge on any atom is 0.251 e. The van der Waals surface area contributed by atoms with Crippen molar-refractivity contribution in [1.82, 2.24) is 5.32 Å². The molecule has 1 N–H and O–H groups in total. The lowest BCUT2D eigenvalue weighted by molar-refractivity contribution is 0.0954. The molecule has 3 heteroatoms. The molecule has 0 saturated carbocycles. The zero-order chi connectivity index (χ0) is 14.4. The normalized spacial score (nSPS) is 10.1. The summed E-state index contributed by atoms with van der Waals surface area (Å²) in [5.74, 6) is 0.757. The molecular weight excluding hydrogens is 250 g/mol. The fourth-order valence-corrected chi connectivity index (χ4v) is 1.95. The van der Waals surface area contributed by atoms with Gasteiger partial charge in [0, 0.05) is 12.1 Å². The molecule has 2 rings (SSSR count). The van der Waals surface area contributed by atoms with E-state index in [2.05, 4.69) is 12.2 Å². The van der Waals surface area contributed by atoms with Crippen LogP contribution in [-0.4, -0.2) is 19.6 Å². The van der Waals surface area contributed by atoms with E-state index in [0.717, 1.165) is 23.3 Å². The van der Waals surface area contributed by atoms with Gasteiger partial charge in [0.25, 0.3) is 5.91 Å². The van der Waals surface area contributed by atoms with Crippen LogP contribution in [0.5, 0.6) is 5.75 Å². The van der Waals surface area contributed by atoms with Gasteiger partial charge in [0.15, 0.2) is 0 Å². The standard InChI is InChI=1S/C17H18NO2/c1-13-5-3-4-6-16(13)17(19)18-12-11-14-7-9-15(20-2)10-8-14/h3-10H,1,11-12H2,2H3,(H,18,19). The summed E-state index contributed by atoms with van der Waals surface area (Å²) in [4.78, 5) is 12.0. The molecule has 0 aromatic heterocycles. The summed E-state index contributed by atoms with van der Waals surface area (Å²) in [6.07, 6.45) is 0.787. The number of ether oxygens (including phenoxy) is 1. The Labute approximate surface area is 119 Å². The first-order valence-corrected chi connectivity index (χ1v) is 6.53. The van der Waals surface area contributed by atoms with Crippen LogP contribution in [0.1, 0.15) is 21.5 Å². The maximum atomic E-state index is 12.0. The third kappa shape index (κ3) is 3.60. The topological polar surface area (TPSA) is 38.3 Å². The lowest BCUT2D eigenvalue weighted by Gasteiger charge is -2.08. The first-order valence-electron chi connectivity index (χ1n) is 6.53. The van der Waals surface area contributed by atoms with Crippen LogP contribution in [0.25, 0.3) is 0 Å². The monoisotopic (exact) mass is 268 g/mol. The van der Waals surface area contributed by atoms with Crippen molar-refractivity contribution < 1.29 is 9.53 Å². The molecule has 0 unspecified atom stereocenters. The van der Waals surface area contributed by atoms with Gasteiger partial charge in [0.05, 0.1) is 7.11 Å². The summed E-state index contributed by atoms with van der Waals surface area (Å²) in [5, 5.41) is 2.91. The zero-order valence-corrected chi connectivity index (χ0v) is 11.6. The second kappa shape index (κ2) is 6.75. The number of benzene rings is 2. The van der Waals surface area contributed by atoms with Crippen molar-refractivity contribution in [3.05, 3.63) is 72.1 Å². The van der Waals surface area contributed by atoms with Gasteiger partial charge in [-0.05, 0) is 42.7 Å². The molecule has 3 nitrogen and oxygen atoms in total. The van der Waals surface area contributed by atoms with Crippen LogP contribution >= 0.6 is 0 Å². The van der Waals surface area contributed by atoms with Gasteiger partial charge in [-0.3, -0.25) is 4.79 Å². The summed E-state index contributed by atoms with van der Waals surface area (Å²) in [7, 11) is 1.64. The van der Waals surface area contributed by atoms with Crippen molar-refractivity contribution in [2.24, 2.45) is 0 Å². The minimum Gasteiger partial charge on any atom is -0.497 e. The number of carbonyl (C=O) groups excluding carboxylic acids is 1. The molecule has 0 bridgehead atoms. The fraction of sp³-hybridized carbons (Fsp3) is 0.176. The van der Waals surface area contributed by atoms with Gasteiger partial charge in [0.1, 0.15) is 5.75 Å². The first kappa shape index (κ1) is 14.1. The Morgan fingerprint density at radius 3 is 2.50 bits per heavy atom. The third-order valence-corrected chi connectivity index (χ3v) is 3.12. The highest BCUT2D eigenvalue weighted by atomic mass is 16.5. The van der Waals surface area contributed by atoms with Crippen molar-refractivity contribution in [1.29, 1.82) is 0 Å². The molecule has 0 atom stereocenters. The molecule has 0 aliphatic rings. The Balaban J connectivity index is 1.86. The number of carbonyl (C=O) groups is 1. The molecule has 2 aromatic rings. The second-order valence-electron chi connectivity index (χ2n) is 4.51. The fourth-order valence-electron chi connectivity index (χ4n) is 1.95. The van der Waals surface area contributed by atoms with Crippen LogP contribution in [0.4, 0.5) is 0 Å². The molecule has 0 aliphatic carbocycles. The van der Waals surface area contributed by atoms with Crippen molar-refractivity contribution in [3.63, 3.8) is 0 Å². The lowest BCUT2D eigenvalue weighted by Crippen LogP contribution is -2.26. The van der Waals surface area contributed by atoms with Crippen LogP contribution in [0.2, 0.25) is 0 Å². The van der Waals surface area contributed by atoms with E-state index in [0.29, 0.717) is 12.1 Å². The Morgan fingerprint density at radius 1 is 1.15 bits per heavy atom. The number of amides is 1. The van der Waals surface area contributed by atoms with Gasteiger partial charge in [-0.25, -0.2) is 0 Å². The SMILES string of the molecule is [CH2]c1ccccc1C(=O)NCCc1ccc(OC)cc1. The lowest BCUT2D eigenvalue weighted by atomic mass is 10.1. The summed E-state index contributed by atoms with van der Waals surface area (Å²) in [6, 6.07) is 15.2. The summed E-state index contributed by atoms with van der Waals surface area (Å²) >= 11 is 0. The predicted molar refractivity (Wildman–Crippen MR) is 79.9 cm³/mol. The van der Waals surface area contributed by atoms with E-state index >= 15 is 0 Å². The third-order valence-electron chi connectivity index (χ3n) is 3.12. The van der Waals surface area contributed by atoms with Crippen LogP contribution in [-0.2, 0) is 6.42 Å². The van der Waals surface area contributed by atoms with E-state index < -0.39 is 0 Å². The van der Waals surface area contributed by atoms with Gasteiger partial charge in [-0.15, -0.1) is 0 Å². The first-order chi connectivity index (χ1) is 9.70. The number of rotatable bonds is 5. The number of hydrogen-bond donors (Lipinski definition) is 1. The molecule has 0 saturated heterocycles. The van der Waals surface area contributed by atoms with Crippen LogP contribution in [0, 0.1) is 6.92 Å². The van der Waals surface area contributed by atoms with E-state index in [4.69, 9.17) is 4.74 Å². The van der Waals surface area contributed by atoms with E-state index in [1.807, 2.05) is 42.5 Å². The highest BCUT2D eigenvalue weighted by molar-refractivity contribution is 5.95. The van der Waals surface area contributed by atoms with Crippen molar-refractivity contribution in [2.45, 2.75) is 6.42 Å². The number of nitrogens with one attached hydrogen (secondary N) is 1. The summed E-state index contributed by atoms with van der Waals surface area (Å²) in [6.45, 7) is 4.45. The number of methoxy groups -OCH3 is 1. The highest BCUT2D eigenvalue weighted by Gasteiger charge is 2.07. The van der Waals surface area contributed by atoms with E-state index in [-0.39, 0.29) is 5.91 Å². The predicted octanol–water partition coefficient (Wildman–Crippen LogP) is 2.85. The van der Waals surface area contributed by atoms with E-state index in [9.17, 15) is 4.79 Å². The largest absolute Gasteiger partial charge is 0.497 e. The van der Waals surface area contributed by atoms with Gasteiger partial charge in [0.2, 0.25) is 0 Å². The van der Waals surface area contributed by atoms with Gasteiger partial charge in [-0.2, -0.15) is 0 Å². The van der Waals surface area contributed by atoms with Crippen molar-refractivity contribution in [2.75, 3.05) is 13.7 Å². The summed E-state index contributed by atoms with van der Waals surface area (Å²) < 4.78 is 5.11. The Hall–Kier alpha value is -2.29. The molecule has 0 aliphatic heterocycles. The molecule has 103 valence electrons. The Kier molecular flexibility index (Phi) is 4.77. The van der Waals surface area contributed by atoms with Gasteiger partial charge < -0.3 is 10.1 Å². The Bertz CT molecular complexity index is 576. The molecule has 1 amide bonds. The van der Waals surface area contributed by atoms with E-state index in [1.54, 1.807) is 13.2 Å². The second-order valence-corrected chi connectivity index (χ2v) is 4.51. The zero-order valence-electron chi connectivity index (χ0n) is 11.6. The maximum absolute atomic E-state index is 12.0. The smallest absolute Gasteiger partial charge is 0.251 e. The quantitative estimate of drug-likeness (QED) is 0.905. The Morgan fingerprint density at radius 2 is 1.85 bits per heavy atom. The molecule has 0 fully saturated rings.